The van der Waals surface area contributed by atoms with Gasteiger partial charge in [0.1, 0.15) is 0 Å². The van der Waals surface area contributed by atoms with Crippen LogP contribution in [0, 0.1) is 11.3 Å². The van der Waals surface area contributed by atoms with Gasteiger partial charge in [-0.25, -0.2) is 0 Å². The van der Waals surface area contributed by atoms with Crippen molar-refractivity contribution in [3.8, 4) is 0 Å². The van der Waals surface area contributed by atoms with Crippen LogP contribution in [-0.4, -0.2) is 0 Å². The zero-order chi connectivity index (χ0) is 12.5. The molecular weight excluding hydrogens is 371 g/mol. The second-order valence-electron chi connectivity index (χ2n) is 5.24. The van der Waals surface area contributed by atoms with Crippen LogP contribution in [0.2, 0.25) is 0 Å². The van der Waals surface area contributed by atoms with E-state index in [1.54, 1.807) is 11.3 Å². The van der Waals surface area contributed by atoms with Gasteiger partial charge in [0, 0.05) is 9.35 Å². The van der Waals surface area contributed by atoms with E-state index in [4.69, 9.17) is 11.6 Å². The van der Waals surface area contributed by atoms with E-state index in [9.17, 15) is 0 Å². The highest BCUT2D eigenvalue weighted by atomic mass is 79.9. The molecule has 1 aromatic rings. The molecule has 0 aliphatic rings. The van der Waals surface area contributed by atoms with E-state index in [1.807, 2.05) is 0 Å². The van der Waals surface area contributed by atoms with Gasteiger partial charge in [-0.15, -0.1) is 22.9 Å². The van der Waals surface area contributed by atoms with Crippen molar-refractivity contribution < 1.29 is 0 Å². The monoisotopic (exact) mass is 386 g/mol. The fraction of sp³-hybridized carbons (Fsp3) is 0.667. The average Bonchev–Trinajstić information content (AvgIpc) is 2.45. The lowest BCUT2D eigenvalue weighted by atomic mass is 9.79. The Morgan fingerprint density at radius 2 is 1.94 bits per heavy atom. The molecule has 1 aromatic heterocycles. The van der Waals surface area contributed by atoms with Crippen LogP contribution >= 0.6 is 54.8 Å². The molecule has 0 spiro atoms. The molecule has 0 saturated carbocycles. The van der Waals surface area contributed by atoms with E-state index in [2.05, 4.69) is 65.6 Å². The minimum Gasteiger partial charge on any atom is -0.131 e. The summed E-state index contributed by atoms with van der Waals surface area (Å²) in [6.45, 7) is 9.07. The number of alkyl halides is 1. The van der Waals surface area contributed by atoms with Crippen LogP contribution in [-0.2, 0) is 0 Å². The van der Waals surface area contributed by atoms with E-state index in [-0.39, 0.29) is 5.38 Å². The van der Waals surface area contributed by atoms with E-state index < -0.39 is 0 Å². The van der Waals surface area contributed by atoms with Gasteiger partial charge in [-0.05, 0) is 55.7 Å². The highest BCUT2D eigenvalue weighted by molar-refractivity contribution is 9.13. The van der Waals surface area contributed by atoms with Crippen LogP contribution in [0.25, 0.3) is 0 Å². The Balaban J connectivity index is 2.69. The van der Waals surface area contributed by atoms with Gasteiger partial charge in [-0.1, -0.05) is 27.7 Å². The van der Waals surface area contributed by atoms with Gasteiger partial charge in [0.15, 0.2) is 0 Å². The third kappa shape index (κ3) is 4.01. The molecule has 0 radical (unpaired) electrons. The molecule has 0 aliphatic carbocycles. The molecule has 1 rings (SSSR count). The van der Waals surface area contributed by atoms with E-state index in [0.29, 0.717) is 11.3 Å². The van der Waals surface area contributed by atoms with Gasteiger partial charge in [-0.3, -0.25) is 0 Å². The minimum absolute atomic E-state index is 0.113. The highest BCUT2D eigenvalue weighted by Gasteiger charge is 2.24. The van der Waals surface area contributed by atoms with Crippen molar-refractivity contribution in [3.63, 3.8) is 0 Å². The SMILES string of the molecule is CC(CC(Cl)c1cc(Br)c(Br)s1)C(C)(C)C. The molecule has 0 amide bonds. The Labute approximate surface area is 124 Å². The van der Waals surface area contributed by atoms with Crippen LogP contribution in [0.15, 0.2) is 14.3 Å². The quantitative estimate of drug-likeness (QED) is 0.510. The van der Waals surface area contributed by atoms with E-state index in [1.165, 1.54) is 4.88 Å². The summed E-state index contributed by atoms with van der Waals surface area (Å²) in [5.74, 6) is 0.606. The maximum atomic E-state index is 6.46. The lowest BCUT2D eigenvalue weighted by Crippen LogP contribution is -2.18. The van der Waals surface area contributed by atoms with Crippen molar-refractivity contribution in [2.24, 2.45) is 11.3 Å². The predicted octanol–water partition coefficient (Wildman–Crippen LogP) is 6.63. The van der Waals surface area contributed by atoms with Crippen molar-refractivity contribution in [1.29, 1.82) is 0 Å². The molecule has 92 valence electrons. The molecule has 2 unspecified atom stereocenters. The molecule has 16 heavy (non-hydrogen) atoms. The van der Waals surface area contributed by atoms with Crippen molar-refractivity contribution in [3.05, 3.63) is 19.2 Å². The summed E-state index contributed by atoms with van der Waals surface area (Å²) >= 11 is 15.2. The molecular formula is C12H17Br2ClS. The van der Waals surface area contributed by atoms with Crippen LogP contribution in [0.3, 0.4) is 0 Å². The Morgan fingerprint density at radius 3 is 2.31 bits per heavy atom. The highest BCUT2D eigenvalue weighted by Crippen LogP contribution is 2.42. The number of rotatable bonds is 3. The summed E-state index contributed by atoms with van der Waals surface area (Å²) < 4.78 is 2.22. The zero-order valence-electron chi connectivity index (χ0n) is 9.98. The lowest BCUT2D eigenvalue weighted by molar-refractivity contribution is 0.245. The standard InChI is InChI=1S/C12H17Br2ClS/c1-7(12(2,3)4)5-9(15)10-6-8(13)11(14)16-10/h6-7,9H,5H2,1-4H3. The van der Waals surface area contributed by atoms with Crippen molar-refractivity contribution >= 4 is 54.8 Å². The molecule has 2 atom stereocenters. The van der Waals surface area contributed by atoms with Gasteiger partial charge in [0.2, 0.25) is 0 Å². The Morgan fingerprint density at radius 1 is 1.38 bits per heavy atom. The maximum absolute atomic E-state index is 6.46. The Hall–Kier alpha value is 0.950. The fourth-order valence-electron chi connectivity index (χ4n) is 1.30. The molecule has 0 saturated heterocycles. The first-order valence-corrected chi connectivity index (χ1v) is 8.14. The minimum atomic E-state index is 0.113. The molecule has 1 heterocycles. The number of halogens is 3. The molecule has 0 nitrogen and oxygen atoms in total. The normalized spacial score (nSPS) is 16.2. The van der Waals surface area contributed by atoms with Crippen molar-refractivity contribution in [1.82, 2.24) is 0 Å². The van der Waals surface area contributed by atoms with Gasteiger partial charge in [-0.2, -0.15) is 0 Å². The summed E-state index contributed by atoms with van der Waals surface area (Å²) in [5.41, 5.74) is 0.318. The van der Waals surface area contributed by atoms with E-state index >= 15 is 0 Å². The second-order valence-corrected chi connectivity index (χ2v) is 9.02. The topological polar surface area (TPSA) is 0 Å². The van der Waals surface area contributed by atoms with Crippen LogP contribution < -0.4 is 0 Å². The van der Waals surface area contributed by atoms with Gasteiger partial charge in [0.25, 0.3) is 0 Å². The summed E-state index contributed by atoms with van der Waals surface area (Å²) in [4.78, 5) is 1.23. The van der Waals surface area contributed by atoms with Gasteiger partial charge < -0.3 is 0 Å². The first-order valence-electron chi connectivity index (χ1n) is 5.30. The zero-order valence-corrected chi connectivity index (χ0v) is 14.7. The number of hydrogen-bond donors (Lipinski definition) is 0. The number of hydrogen-bond acceptors (Lipinski definition) is 1. The summed E-state index contributed by atoms with van der Waals surface area (Å²) in [7, 11) is 0. The van der Waals surface area contributed by atoms with Crippen LogP contribution in [0.4, 0.5) is 0 Å². The Kier molecular flexibility index (Phi) is 5.37. The van der Waals surface area contributed by atoms with Gasteiger partial charge in [0.05, 0.1) is 9.16 Å². The summed E-state index contributed by atoms with van der Waals surface area (Å²) in [6, 6.07) is 2.11. The second kappa shape index (κ2) is 5.73. The molecule has 0 fully saturated rings. The fourth-order valence-corrected chi connectivity index (χ4v) is 3.84. The molecule has 0 aliphatic heterocycles. The molecule has 0 bridgehead atoms. The van der Waals surface area contributed by atoms with Crippen molar-refractivity contribution in [2.45, 2.75) is 39.5 Å². The van der Waals surface area contributed by atoms with Crippen LogP contribution in [0.1, 0.15) is 44.4 Å². The Bertz CT molecular complexity index is 335. The summed E-state index contributed by atoms with van der Waals surface area (Å²) in [5, 5.41) is 0.113. The van der Waals surface area contributed by atoms with Crippen LogP contribution in [0.5, 0.6) is 0 Å². The summed E-state index contributed by atoms with van der Waals surface area (Å²) in [6.07, 6.45) is 1.02. The predicted molar refractivity (Wildman–Crippen MR) is 81.5 cm³/mol. The first kappa shape index (κ1) is 15.0. The third-order valence-electron chi connectivity index (χ3n) is 3.01. The molecule has 0 N–H and O–H groups in total. The maximum Gasteiger partial charge on any atom is 0.0843 e. The largest absolute Gasteiger partial charge is 0.131 e. The molecule has 4 heteroatoms. The lowest BCUT2D eigenvalue weighted by Gasteiger charge is -2.28. The third-order valence-corrected chi connectivity index (χ3v) is 6.92. The number of thiophene rings is 1. The van der Waals surface area contributed by atoms with E-state index in [0.717, 1.165) is 14.7 Å². The van der Waals surface area contributed by atoms with Crippen molar-refractivity contribution in [2.75, 3.05) is 0 Å². The molecule has 0 aromatic carbocycles. The first-order chi connectivity index (χ1) is 7.21. The van der Waals surface area contributed by atoms with Gasteiger partial charge >= 0.3 is 0 Å². The average molecular weight is 389 g/mol. The smallest absolute Gasteiger partial charge is 0.0843 e.